The summed E-state index contributed by atoms with van der Waals surface area (Å²) in [6, 6.07) is 10.2. The van der Waals surface area contributed by atoms with Crippen LogP contribution in [0.5, 0.6) is 11.5 Å². The van der Waals surface area contributed by atoms with Crippen LogP contribution in [0.2, 0.25) is 0 Å². The molecule has 0 saturated carbocycles. The van der Waals surface area contributed by atoms with Gasteiger partial charge in [0.2, 0.25) is 0 Å². The molecule has 22 heavy (non-hydrogen) atoms. The minimum absolute atomic E-state index is 0.723. The summed E-state index contributed by atoms with van der Waals surface area (Å²) in [5, 5.41) is 3.04. The number of para-hydroxylation sites is 1. The summed E-state index contributed by atoms with van der Waals surface area (Å²) in [5.74, 6) is 1.45. The molecule has 2 heterocycles. The molecule has 0 N–H and O–H groups in total. The third-order valence-corrected chi connectivity index (χ3v) is 5.53. The first-order chi connectivity index (χ1) is 10.8. The minimum atomic E-state index is 0.723. The summed E-state index contributed by atoms with van der Waals surface area (Å²) in [6.07, 6.45) is 1.06. The van der Waals surface area contributed by atoms with E-state index in [1.807, 2.05) is 18.2 Å². The molecule has 0 radical (unpaired) electrons. The molecular weight excluding hydrogens is 314 g/mol. The molecule has 0 aliphatic rings. The van der Waals surface area contributed by atoms with E-state index >= 15 is 0 Å². The number of ether oxygens (including phenoxy) is 2. The third kappa shape index (κ3) is 2.74. The highest BCUT2D eigenvalue weighted by atomic mass is 32.1. The Morgan fingerprint density at radius 3 is 2.64 bits per heavy atom. The summed E-state index contributed by atoms with van der Waals surface area (Å²) in [5.41, 5.74) is 1.99. The molecule has 3 nitrogen and oxygen atoms in total. The molecule has 5 heteroatoms. The molecular formula is C17H17NO2S2. The second-order valence-corrected chi connectivity index (χ2v) is 6.72. The molecule has 0 atom stereocenters. The molecule has 0 unspecified atom stereocenters. The van der Waals surface area contributed by atoms with Gasteiger partial charge in [0.1, 0.15) is 5.01 Å². The topological polar surface area (TPSA) is 31.4 Å². The van der Waals surface area contributed by atoms with Crippen molar-refractivity contribution in [2.24, 2.45) is 0 Å². The second-order valence-electron chi connectivity index (χ2n) is 4.70. The van der Waals surface area contributed by atoms with Gasteiger partial charge in [-0.1, -0.05) is 13.0 Å². The molecule has 3 aromatic rings. The van der Waals surface area contributed by atoms with Gasteiger partial charge in [-0.2, -0.15) is 0 Å². The van der Waals surface area contributed by atoms with Gasteiger partial charge in [0.15, 0.2) is 11.5 Å². The Hall–Kier alpha value is -1.85. The van der Waals surface area contributed by atoms with E-state index in [4.69, 9.17) is 14.5 Å². The zero-order valence-corrected chi connectivity index (χ0v) is 14.4. The lowest BCUT2D eigenvalue weighted by Gasteiger charge is -2.10. The normalized spacial score (nSPS) is 10.7. The minimum Gasteiger partial charge on any atom is -0.493 e. The maximum absolute atomic E-state index is 5.50. The highest BCUT2D eigenvalue weighted by Crippen LogP contribution is 2.40. The number of nitrogens with zero attached hydrogens (tertiary/aromatic N) is 1. The molecule has 3 rings (SSSR count). The SMILES string of the molecule is CCc1ccc(-c2csc(-c3cccc(OC)c3OC)n2)s1. The van der Waals surface area contributed by atoms with E-state index in [2.05, 4.69) is 24.4 Å². The Balaban J connectivity index is 2.00. The number of aryl methyl sites for hydroxylation is 1. The number of methoxy groups -OCH3 is 2. The van der Waals surface area contributed by atoms with Crippen LogP contribution < -0.4 is 9.47 Å². The molecule has 0 bridgehead atoms. The zero-order chi connectivity index (χ0) is 15.5. The number of benzene rings is 1. The van der Waals surface area contributed by atoms with E-state index in [-0.39, 0.29) is 0 Å². The first kappa shape index (κ1) is 15.1. The monoisotopic (exact) mass is 331 g/mol. The quantitative estimate of drug-likeness (QED) is 0.650. The van der Waals surface area contributed by atoms with Gasteiger partial charge in [0, 0.05) is 10.3 Å². The molecule has 0 aliphatic heterocycles. The zero-order valence-electron chi connectivity index (χ0n) is 12.8. The van der Waals surface area contributed by atoms with Gasteiger partial charge >= 0.3 is 0 Å². The summed E-state index contributed by atoms with van der Waals surface area (Å²) in [6.45, 7) is 2.17. The Morgan fingerprint density at radius 1 is 1.09 bits per heavy atom. The largest absolute Gasteiger partial charge is 0.493 e. The predicted octanol–water partition coefficient (Wildman–Crippen LogP) is 5.12. The van der Waals surface area contributed by atoms with E-state index in [1.54, 1.807) is 36.9 Å². The highest BCUT2D eigenvalue weighted by Gasteiger charge is 2.15. The summed E-state index contributed by atoms with van der Waals surface area (Å²) in [7, 11) is 3.30. The van der Waals surface area contributed by atoms with Crippen LogP contribution in [0.25, 0.3) is 21.1 Å². The number of thiazole rings is 1. The van der Waals surface area contributed by atoms with E-state index in [1.165, 1.54) is 9.75 Å². The van der Waals surface area contributed by atoms with Crippen LogP contribution in [0, 0.1) is 0 Å². The number of hydrogen-bond donors (Lipinski definition) is 0. The van der Waals surface area contributed by atoms with Gasteiger partial charge in [0.05, 0.1) is 30.4 Å². The van der Waals surface area contributed by atoms with Gasteiger partial charge in [0.25, 0.3) is 0 Å². The molecule has 0 saturated heterocycles. The maximum atomic E-state index is 5.50. The van der Waals surface area contributed by atoms with Gasteiger partial charge in [-0.25, -0.2) is 4.98 Å². The fourth-order valence-electron chi connectivity index (χ4n) is 2.27. The predicted molar refractivity (Wildman–Crippen MR) is 93.3 cm³/mol. The lowest BCUT2D eigenvalue weighted by Crippen LogP contribution is -1.92. The van der Waals surface area contributed by atoms with E-state index in [0.717, 1.165) is 34.2 Å². The number of hydrogen-bond acceptors (Lipinski definition) is 5. The fourth-order valence-corrected chi connectivity index (χ4v) is 4.10. The van der Waals surface area contributed by atoms with Crippen LogP contribution in [0.4, 0.5) is 0 Å². The Labute approximate surface area is 138 Å². The van der Waals surface area contributed by atoms with Crippen molar-refractivity contribution >= 4 is 22.7 Å². The van der Waals surface area contributed by atoms with Crippen molar-refractivity contribution in [3.63, 3.8) is 0 Å². The maximum Gasteiger partial charge on any atom is 0.170 e. The second kappa shape index (κ2) is 6.50. The van der Waals surface area contributed by atoms with Crippen molar-refractivity contribution < 1.29 is 9.47 Å². The molecule has 114 valence electrons. The third-order valence-electron chi connectivity index (χ3n) is 3.40. The Morgan fingerprint density at radius 2 is 1.95 bits per heavy atom. The molecule has 1 aromatic carbocycles. The van der Waals surface area contributed by atoms with Crippen molar-refractivity contribution in [2.75, 3.05) is 14.2 Å². The van der Waals surface area contributed by atoms with Gasteiger partial charge in [-0.15, -0.1) is 22.7 Å². The highest BCUT2D eigenvalue weighted by molar-refractivity contribution is 7.16. The molecule has 0 spiro atoms. The van der Waals surface area contributed by atoms with Crippen LogP contribution in [-0.2, 0) is 6.42 Å². The Kier molecular flexibility index (Phi) is 4.45. The average molecular weight is 331 g/mol. The van der Waals surface area contributed by atoms with Crippen LogP contribution in [-0.4, -0.2) is 19.2 Å². The van der Waals surface area contributed by atoms with Crippen LogP contribution in [0.15, 0.2) is 35.7 Å². The van der Waals surface area contributed by atoms with Gasteiger partial charge in [-0.05, 0) is 30.7 Å². The standard InChI is InChI=1S/C17H17NO2S2/c1-4-11-8-9-15(22-11)13-10-21-17(18-13)12-6-5-7-14(19-2)16(12)20-3/h5-10H,4H2,1-3H3. The summed E-state index contributed by atoms with van der Waals surface area (Å²) in [4.78, 5) is 7.36. The molecule has 0 aliphatic carbocycles. The van der Waals surface area contributed by atoms with Crippen LogP contribution >= 0.6 is 22.7 Å². The Bertz CT molecular complexity index is 777. The average Bonchev–Trinajstić information content (AvgIpc) is 3.22. The fraction of sp³-hybridized carbons (Fsp3) is 0.235. The van der Waals surface area contributed by atoms with Gasteiger partial charge in [-0.3, -0.25) is 0 Å². The number of rotatable bonds is 5. The van der Waals surface area contributed by atoms with E-state index < -0.39 is 0 Å². The van der Waals surface area contributed by atoms with Gasteiger partial charge < -0.3 is 9.47 Å². The van der Waals surface area contributed by atoms with Crippen LogP contribution in [0.1, 0.15) is 11.8 Å². The molecule has 0 fully saturated rings. The summed E-state index contributed by atoms with van der Waals surface area (Å²) >= 11 is 3.42. The van der Waals surface area contributed by atoms with Crippen molar-refractivity contribution in [3.8, 4) is 32.6 Å². The lowest BCUT2D eigenvalue weighted by molar-refractivity contribution is 0.356. The first-order valence-corrected chi connectivity index (χ1v) is 8.72. The lowest BCUT2D eigenvalue weighted by atomic mass is 10.2. The van der Waals surface area contributed by atoms with Crippen molar-refractivity contribution in [1.29, 1.82) is 0 Å². The van der Waals surface area contributed by atoms with Crippen molar-refractivity contribution in [1.82, 2.24) is 4.98 Å². The number of aromatic nitrogens is 1. The number of thiophene rings is 1. The van der Waals surface area contributed by atoms with Crippen LogP contribution in [0.3, 0.4) is 0 Å². The molecule has 0 amide bonds. The van der Waals surface area contributed by atoms with E-state index in [0.29, 0.717) is 0 Å². The molecule has 2 aromatic heterocycles. The smallest absolute Gasteiger partial charge is 0.170 e. The summed E-state index contributed by atoms with van der Waals surface area (Å²) < 4.78 is 10.9. The first-order valence-electron chi connectivity index (χ1n) is 7.02. The van der Waals surface area contributed by atoms with Crippen molar-refractivity contribution in [3.05, 3.63) is 40.6 Å². The van der Waals surface area contributed by atoms with Crippen molar-refractivity contribution in [2.45, 2.75) is 13.3 Å². The van der Waals surface area contributed by atoms with E-state index in [9.17, 15) is 0 Å².